The van der Waals surface area contributed by atoms with Gasteiger partial charge in [-0.05, 0) is 35.4 Å². The Morgan fingerprint density at radius 3 is 2.70 bits per heavy atom. The maximum absolute atomic E-state index is 13.1. The summed E-state index contributed by atoms with van der Waals surface area (Å²) < 4.78 is 27.4. The zero-order valence-corrected chi connectivity index (χ0v) is 12.5. The van der Waals surface area contributed by atoms with E-state index in [0.29, 0.717) is 22.0 Å². The molecule has 0 aliphatic rings. The number of rotatable bonds is 4. The number of carboxylic acids is 1. The second kappa shape index (κ2) is 5.96. The average Bonchev–Trinajstić information content (AvgIpc) is 2.88. The van der Waals surface area contributed by atoms with Gasteiger partial charge in [-0.15, -0.1) is 0 Å². The predicted molar refractivity (Wildman–Crippen MR) is 82.0 cm³/mol. The van der Waals surface area contributed by atoms with Crippen molar-refractivity contribution < 1.29 is 18.7 Å². The molecule has 1 N–H and O–H groups in total. The number of aromatic nitrogens is 2. The summed E-state index contributed by atoms with van der Waals surface area (Å²) in [6.07, 6.45) is 0. The molecule has 3 aromatic rings. The lowest BCUT2D eigenvalue weighted by Crippen LogP contribution is -2.05. The zero-order chi connectivity index (χ0) is 16.6. The number of hydrogen-bond acceptors (Lipinski definition) is 2. The molecule has 0 spiro atoms. The highest BCUT2D eigenvalue weighted by Gasteiger charge is 2.17. The fraction of sp³-hybridized carbons (Fsp3) is 0.125. The molecule has 118 valence electrons. The second-order valence-corrected chi connectivity index (χ2v) is 5.44. The van der Waals surface area contributed by atoms with Crippen molar-refractivity contribution in [2.24, 2.45) is 0 Å². The molecule has 0 unspecified atom stereocenters. The third-order valence-electron chi connectivity index (χ3n) is 3.51. The van der Waals surface area contributed by atoms with Crippen LogP contribution in [-0.4, -0.2) is 20.9 Å². The first-order valence-corrected chi connectivity index (χ1v) is 7.10. The number of nitrogens with zero attached hydrogens (tertiary/aromatic N) is 2. The molecule has 0 fully saturated rings. The molecule has 2 aromatic carbocycles. The smallest absolute Gasteiger partial charge is 0.357 e. The minimum Gasteiger partial charge on any atom is -0.476 e. The fourth-order valence-corrected chi connectivity index (χ4v) is 2.62. The molecule has 0 saturated heterocycles. The number of carbonyl (C=O) groups is 1. The fourth-order valence-electron chi connectivity index (χ4n) is 2.39. The molecule has 1 heterocycles. The molecule has 7 heteroatoms. The van der Waals surface area contributed by atoms with Crippen molar-refractivity contribution in [3.63, 3.8) is 0 Å². The van der Waals surface area contributed by atoms with E-state index in [2.05, 4.69) is 5.10 Å². The number of alkyl halides is 1. The van der Waals surface area contributed by atoms with Gasteiger partial charge in [-0.1, -0.05) is 23.7 Å². The van der Waals surface area contributed by atoms with Crippen LogP contribution in [0, 0.1) is 5.82 Å². The van der Waals surface area contributed by atoms with Crippen LogP contribution in [0.1, 0.15) is 21.6 Å². The van der Waals surface area contributed by atoms with Crippen LogP contribution in [0.2, 0.25) is 5.02 Å². The third-order valence-corrected chi connectivity index (χ3v) is 3.86. The van der Waals surface area contributed by atoms with Crippen LogP contribution in [-0.2, 0) is 13.2 Å². The summed E-state index contributed by atoms with van der Waals surface area (Å²) in [5.74, 6) is -1.64. The van der Waals surface area contributed by atoms with E-state index in [0.717, 1.165) is 0 Å². The van der Waals surface area contributed by atoms with Gasteiger partial charge in [0, 0.05) is 10.4 Å². The van der Waals surface area contributed by atoms with Crippen LogP contribution in [0.15, 0.2) is 36.4 Å². The molecule has 0 radical (unpaired) electrons. The van der Waals surface area contributed by atoms with Crippen molar-refractivity contribution in [1.82, 2.24) is 9.78 Å². The standard InChI is InChI=1S/C16H11ClF2N2O2/c17-13-6-11(19)3-2-10(13)8-21-14-5-9(7-18)1-4-12(14)15(20-21)16(22)23/h1-6H,7-8H2,(H,22,23). The van der Waals surface area contributed by atoms with E-state index in [1.165, 1.54) is 35.0 Å². The molecular formula is C16H11ClF2N2O2. The number of carboxylic acid groups (broad SMARTS) is 1. The lowest BCUT2D eigenvalue weighted by atomic mass is 10.1. The van der Waals surface area contributed by atoms with Crippen molar-refractivity contribution in [2.45, 2.75) is 13.2 Å². The molecule has 0 atom stereocenters. The Morgan fingerprint density at radius 2 is 2.04 bits per heavy atom. The van der Waals surface area contributed by atoms with Gasteiger partial charge in [-0.25, -0.2) is 13.6 Å². The van der Waals surface area contributed by atoms with Crippen molar-refractivity contribution in [2.75, 3.05) is 0 Å². The summed E-state index contributed by atoms with van der Waals surface area (Å²) in [6.45, 7) is -0.514. The lowest BCUT2D eigenvalue weighted by Gasteiger charge is -2.06. The summed E-state index contributed by atoms with van der Waals surface area (Å²) >= 11 is 6.00. The number of halogens is 3. The first kappa shape index (κ1) is 15.4. The molecule has 0 aliphatic carbocycles. The Kier molecular flexibility index (Phi) is 4.00. The summed E-state index contributed by atoms with van der Waals surface area (Å²) in [7, 11) is 0. The van der Waals surface area contributed by atoms with Gasteiger partial charge in [-0.2, -0.15) is 5.10 Å². The normalized spacial score (nSPS) is 11.1. The van der Waals surface area contributed by atoms with E-state index in [-0.39, 0.29) is 17.3 Å². The lowest BCUT2D eigenvalue weighted by molar-refractivity contribution is 0.0691. The first-order valence-electron chi connectivity index (χ1n) is 6.72. The van der Waals surface area contributed by atoms with Crippen LogP contribution in [0.4, 0.5) is 8.78 Å². The number of aromatic carboxylic acids is 1. The monoisotopic (exact) mass is 336 g/mol. The maximum atomic E-state index is 13.1. The highest BCUT2D eigenvalue weighted by atomic mass is 35.5. The molecule has 4 nitrogen and oxygen atoms in total. The van der Waals surface area contributed by atoms with Crippen LogP contribution in [0.5, 0.6) is 0 Å². The molecule has 0 bridgehead atoms. The van der Waals surface area contributed by atoms with Crippen molar-refractivity contribution in [3.8, 4) is 0 Å². The summed E-state index contributed by atoms with van der Waals surface area (Å²) in [5.41, 5.74) is 1.36. The minimum atomic E-state index is -1.17. The molecule has 0 aliphatic heterocycles. The predicted octanol–water partition coefficient (Wildman–Crippen LogP) is 4.04. The minimum absolute atomic E-state index is 0.122. The SMILES string of the molecule is O=C(O)c1nn(Cc2ccc(F)cc2Cl)c2cc(CF)ccc12. The number of hydrogen-bond donors (Lipinski definition) is 1. The Bertz CT molecular complexity index is 908. The van der Waals surface area contributed by atoms with Gasteiger partial charge in [0.15, 0.2) is 5.69 Å². The first-order chi connectivity index (χ1) is 11.0. The van der Waals surface area contributed by atoms with Gasteiger partial charge in [0.05, 0.1) is 12.1 Å². The van der Waals surface area contributed by atoms with Crippen LogP contribution in [0.3, 0.4) is 0 Å². The third kappa shape index (κ3) is 2.90. The van der Waals surface area contributed by atoms with Crippen molar-refractivity contribution in [1.29, 1.82) is 0 Å². The average molecular weight is 337 g/mol. The van der Waals surface area contributed by atoms with Crippen molar-refractivity contribution in [3.05, 3.63) is 64.1 Å². The Labute approximate surface area is 134 Å². The number of benzene rings is 2. The van der Waals surface area contributed by atoms with E-state index in [4.69, 9.17) is 11.6 Å². The second-order valence-electron chi connectivity index (χ2n) is 5.03. The maximum Gasteiger partial charge on any atom is 0.357 e. The van der Waals surface area contributed by atoms with Gasteiger partial charge in [0.1, 0.15) is 12.5 Å². The molecule has 3 rings (SSSR count). The Morgan fingerprint density at radius 1 is 1.26 bits per heavy atom. The van der Waals surface area contributed by atoms with Gasteiger partial charge in [-0.3, -0.25) is 4.68 Å². The molecule has 0 amide bonds. The summed E-state index contributed by atoms with van der Waals surface area (Å²) in [6, 6.07) is 8.54. The molecule has 23 heavy (non-hydrogen) atoms. The quantitative estimate of drug-likeness (QED) is 0.782. The number of fused-ring (bicyclic) bond motifs is 1. The summed E-state index contributed by atoms with van der Waals surface area (Å²) in [4.78, 5) is 11.3. The van der Waals surface area contributed by atoms with E-state index < -0.39 is 18.5 Å². The van der Waals surface area contributed by atoms with E-state index in [1.54, 1.807) is 6.07 Å². The highest BCUT2D eigenvalue weighted by Crippen LogP contribution is 2.24. The highest BCUT2D eigenvalue weighted by molar-refractivity contribution is 6.31. The van der Waals surface area contributed by atoms with Gasteiger partial charge in [0.25, 0.3) is 0 Å². The molecule has 1 aromatic heterocycles. The van der Waals surface area contributed by atoms with Crippen molar-refractivity contribution >= 4 is 28.5 Å². The topological polar surface area (TPSA) is 55.1 Å². The van der Waals surface area contributed by atoms with E-state index in [9.17, 15) is 18.7 Å². The van der Waals surface area contributed by atoms with Crippen LogP contribution in [0.25, 0.3) is 10.9 Å². The van der Waals surface area contributed by atoms with E-state index >= 15 is 0 Å². The molecular weight excluding hydrogens is 326 g/mol. The van der Waals surface area contributed by atoms with Gasteiger partial charge >= 0.3 is 5.97 Å². The van der Waals surface area contributed by atoms with Crippen LogP contribution >= 0.6 is 11.6 Å². The van der Waals surface area contributed by atoms with Gasteiger partial charge in [0.2, 0.25) is 0 Å². The molecule has 0 saturated carbocycles. The van der Waals surface area contributed by atoms with E-state index in [1.807, 2.05) is 0 Å². The summed E-state index contributed by atoms with van der Waals surface area (Å²) in [5, 5.41) is 13.9. The zero-order valence-electron chi connectivity index (χ0n) is 11.8. The Hall–Kier alpha value is -2.47. The largest absolute Gasteiger partial charge is 0.476 e. The Balaban J connectivity index is 2.14. The van der Waals surface area contributed by atoms with Crippen LogP contribution < -0.4 is 0 Å². The van der Waals surface area contributed by atoms with Gasteiger partial charge < -0.3 is 5.11 Å².